The van der Waals surface area contributed by atoms with Gasteiger partial charge in [0.25, 0.3) is 0 Å². The van der Waals surface area contributed by atoms with E-state index in [-0.39, 0.29) is 6.54 Å². The summed E-state index contributed by atoms with van der Waals surface area (Å²) in [7, 11) is 1.58. The summed E-state index contributed by atoms with van der Waals surface area (Å²) in [6.45, 7) is 1.86. The number of methoxy groups -OCH3 is 1. The zero-order valence-electron chi connectivity index (χ0n) is 11.9. The van der Waals surface area contributed by atoms with Gasteiger partial charge in [-0.1, -0.05) is 0 Å². The first-order valence-corrected chi connectivity index (χ1v) is 6.52. The number of benzene rings is 1. The van der Waals surface area contributed by atoms with Crippen molar-refractivity contribution in [1.82, 2.24) is 5.32 Å². The number of urea groups is 1. The second kappa shape index (κ2) is 6.81. The number of aliphatic hydroxyl groups is 1. The second-order valence-corrected chi connectivity index (χ2v) is 4.53. The summed E-state index contributed by atoms with van der Waals surface area (Å²) in [5.41, 5.74) is 0.636. The lowest BCUT2D eigenvalue weighted by Gasteiger charge is -2.11. The predicted octanol–water partition coefficient (Wildman–Crippen LogP) is 2.45. The molecule has 1 aromatic carbocycles. The van der Waals surface area contributed by atoms with Crippen LogP contribution in [0.15, 0.2) is 40.8 Å². The Morgan fingerprint density at radius 3 is 2.57 bits per heavy atom. The first-order valence-electron chi connectivity index (χ1n) is 6.52. The molecule has 1 aromatic heterocycles. The van der Waals surface area contributed by atoms with Gasteiger partial charge >= 0.3 is 6.03 Å². The number of hydrogen-bond donors (Lipinski definition) is 3. The van der Waals surface area contributed by atoms with Crippen molar-refractivity contribution >= 4 is 11.7 Å². The van der Waals surface area contributed by atoms with Gasteiger partial charge in [0.15, 0.2) is 0 Å². The van der Waals surface area contributed by atoms with Gasteiger partial charge in [-0.2, -0.15) is 0 Å². The lowest BCUT2D eigenvalue weighted by atomic mass is 10.3. The summed E-state index contributed by atoms with van der Waals surface area (Å²) in [6.07, 6.45) is -0.875. The van der Waals surface area contributed by atoms with Gasteiger partial charge in [0.05, 0.1) is 13.7 Å². The highest BCUT2D eigenvalue weighted by atomic mass is 16.5. The topological polar surface area (TPSA) is 83.7 Å². The predicted molar refractivity (Wildman–Crippen MR) is 78.4 cm³/mol. The van der Waals surface area contributed by atoms with E-state index in [1.165, 1.54) is 0 Å². The van der Waals surface area contributed by atoms with Gasteiger partial charge in [-0.15, -0.1) is 0 Å². The fourth-order valence-electron chi connectivity index (χ4n) is 1.77. The molecule has 0 radical (unpaired) electrons. The molecule has 3 N–H and O–H groups in total. The standard InChI is InChI=1S/C15H18N2O4/c1-10-3-8-14(21-10)13(18)9-16-15(19)17-11-4-6-12(20-2)7-5-11/h3-8,13,18H,9H2,1-2H3,(H2,16,17,19). The quantitative estimate of drug-likeness (QED) is 0.789. The van der Waals surface area contributed by atoms with Crippen molar-refractivity contribution in [3.05, 3.63) is 47.9 Å². The summed E-state index contributed by atoms with van der Waals surface area (Å²) in [5.74, 6) is 1.86. The molecule has 1 unspecified atom stereocenters. The molecule has 0 bridgehead atoms. The third kappa shape index (κ3) is 4.25. The molecule has 0 aliphatic heterocycles. The number of rotatable bonds is 5. The summed E-state index contributed by atoms with van der Waals surface area (Å²) in [6, 6.07) is 9.99. The Morgan fingerprint density at radius 2 is 2.00 bits per heavy atom. The number of aryl methyl sites for hydroxylation is 1. The zero-order valence-corrected chi connectivity index (χ0v) is 11.9. The van der Waals surface area contributed by atoms with E-state index >= 15 is 0 Å². The fraction of sp³-hybridized carbons (Fsp3) is 0.267. The molecule has 1 heterocycles. The molecular weight excluding hydrogens is 272 g/mol. The maximum absolute atomic E-state index is 11.7. The van der Waals surface area contributed by atoms with Crippen LogP contribution < -0.4 is 15.4 Å². The Bertz CT molecular complexity index is 592. The maximum atomic E-state index is 11.7. The monoisotopic (exact) mass is 290 g/mol. The first kappa shape index (κ1) is 14.9. The first-order chi connectivity index (χ1) is 10.1. The van der Waals surface area contributed by atoms with Crippen molar-refractivity contribution in [2.24, 2.45) is 0 Å². The maximum Gasteiger partial charge on any atom is 0.319 e. The Balaban J connectivity index is 1.81. The van der Waals surface area contributed by atoms with Crippen molar-refractivity contribution < 1.29 is 19.1 Å². The molecule has 21 heavy (non-hydrogen) atoms. The van der Waals surface area contributed by atoms with Gasteiger partial charge in [0, 0.05) is 5.69 Å². The lowest BCUT2D eigenvalue weighted by molar-refractivity contribution is 0.148. The normalized spacial score (nSPS) is 11.8. The Hall–Kier alpha value is -2.47. The van der Waals surface area contributed by atoms with E-state index < -0.39 is 12.1 Å². The fourth-order valence-corrected chi connectivity index (χ4v) is 1.77. The summed E-state index contributed by atoms with van der Waals surface area (Å²) < 4.78 is 10.3. The molecule has 6 nitrogen and oxygen atoms in total. The largest absolute Gasteiger partial charge is 0.497 e. The van der Waals surface area contributed by atoms with Crippen LogP contribution in [0, 0.1) is 6.92 Å². The van der Waals surface area contributed by atoms with Crippen molar-refractivity contribution in [3.8, 4) is 5.75 Å². The van der Waals surface area contributed by atoms with Crippen LogP contribution in [0.4, 0.5) is 10.5 Å². The molecule has 0 aliphatic rings. The molecule has 0 spiro atoms. The van der Waals surface area contributed by atoms with E-state index in [9.17, 15) is 9.90 Å². The number of hydrogen-bond acceptors (Lipinski definition) is 4. The van der Waals surface area contributed by atoms with E-state index in [4.69, 9.17) is 9.15 Å². The number of anilines is 1. The Morgan fingerprint density at radius 1 is 1.29 bits per heavy atom. The molecular formula is C15H18N2O4. The van der Waals surface area contributed by atoms with E-state index in [2.05, 4.69) is 10.6 Å². The number of aliphatic hydroxyl groups excluding tert-OH is 1. The highest BCUT2D eigenvalue weighted by Gasteiger charge is 2.12. The second-order valence-electron chi connectivity index (χ2n) is 4.53. The van der Waals surface area contributed by atoms with Crippen LogP contribution in [0.3, 0.4) is 0 Å². The summed E-state index contributed by atoms with van der Waals surface area (Å²) in [4.78, 5) is 11.7. The van der Waals surface area contributed by atoms with Gasteiger partial charge in [-0.05, 0) is 43.3 Å². The van der Waals surface area contributed by atoms with Crippen molar-refractivity contribution in [2.45, 2.75) is 13.0 Å². The van der Waals surface area contributed by atoms with E-state index in [1.807, 2.05) is 0 Å². The van der Waals surface area contributed by atoms with Crippen LogP contribution in [0.25, 0.3) is 0 Å². The van der Waals surface area contributed by atoms with Gasteiger partial charge < -0.3 is 24.9 Å². The Kier molecular flexibility index (Phi) is 4.84. The molecule has 1 atom stereocenters. The highest BCUT2D eigenvalue weighted by molar-refractivity contribution is 5.89. The number of furan rings is 1. The summed E-state index contributed by atoms with van der Waals surface area (Å²) in [5, 5.41) is 15.1. The van der Waals surface area contributed by atoms with Gasteiger partial charge in [0.1, 0.15) is 23.4 Å². The Labute approximate surface area is 122 Å². The smallest absolute Gasteiger partial charge is 0.319 e. The van der Waals surface area contributed by atoms with Crippen LogP contribution in [0.1, 0.15) is 17.6 Å². The van der Waals surface area contributed by atoms with Crippen LogP contribution >= 0.6 is 0 Å². The van der Waals surface area contributed by atoms with Gasteiger partial charge in [-0.3, -0.25) is 0 Å². The molecule has 2 amide bonds. The van der Waals surface area contributed by atoms with Gasteiger partial charge in [0.2, 0.25) is 0 Å². The van der Waals surface area contributed by atoms with Crippen LogP contribution in [-0.4, -0.2) is 24.8 Å². The molecule has 0 fully saturated rings. The highest BCUT2D eigenvalue weighted by Crippen LogP contribution is 2.16. The van der Waals surface area contributed by atoms with E-state index in [0.29, 0.717) is 23.0 Å². The number of ether oxygens (including phenoxy) is 1. The molecule has 6 heteroatoms. The van der Waals surface area contributed by atoms with Crippen molar-refractivity contribution in [3.63, 3.8) is 0 Å². The van der Waals surface area contributed by atoms with Crippen LogP contribution in [0.5, 0.6) is 5.75 Å². The zero-order chi connectivity index (χ0) is 15.2. The van der Waals surface area contributed by atoms with Gasteiger partial charge in [-0.25, -0.2) is 4.79 Å². The van der Waals surface area contributed by atoms with E-state index in [0.717, 1.165) is 0 Å². The number of carbonyl (C=O) groups excluding carboxylic acids is 1. The number of carbonyl (C=O) groups is 1. The molecule has 112 valence electrons. The molecule has 2 aromatic rings. The molecule has 0 saturated carbocycles. The third-order valence-corrected chi connectivity index (χ3v) is 2.89. The van der Waals surface area contributed by atoms with E-state index in [1.54, 1.807) is 50.4 Å². The number of nitrogens with one attached hydrogen (secondary N) is 2. The van der Waals surface area contributed by atoms with Crippen molar-refractivity contribution in [1.29, 1.82) is 0 Å². The SMILES string of the molecule is COc1ccc(NC(=O)NCC(O)c2ccc(C)o2)cc1. The molecule has 0 aliphatic carbocycles. The minimum Gasteiger partial charge on any atom is -0.497 e. The third-order valence-electron chi connectivity index (χ3n) is 2.89. The average molecular weight is 290 g/mol. The van der Waals surface area contributed by atoms with Crippen LogP contribution in [0.2, 0.25) is 0 Å². The minimum atomic E-state index is -0.875. The lowest BCUT2D eigenvalue weighted by Crippen LogP contribution is -2.32. The average Bonchev–Trinajstić information content (AvgIpc) is 2.92. The minimum absolute atomic E-state index is 0.0644. The number of amides is 2. The molecule has 0 saturated heterocycles. The van der Waals surface area contributed by atoms with Crippen LogP contribution in [-0.2, 0) is 0 Å². The summed E-state index contributed by atoms with van der Waals surface area (Å²) >= 11 is 0. The van der Waals surface area contributed by atoms with Crippen molar-refractivity contribution in [2.75, 3.05) is 19.0 Å². The molecule has 2 rings (SSSR count).